The van der Waals surface area contributed by atoms with Crippen LogP contribution in [0.2, 0.25) is 0 Å². The molecular weight excluding hydrogens is 773 g/mol. The van der Waals surface area contributed by atoms with Crippen molar-refractivity contribution in [2.75, 3.05) is 58.4 Å². The van der Waals surface area contributed by atoms with E-state index in [1.54, 1.807) is 18.0 Å². The number of oxime groups is 1. The quantitative estimate of drug-likeness (QED) is 0.305. The zero-order valence-electron chi connectivity index (χ0n) is 37.2. The number of ether oxygens (including phenoxy) is 6. The van der Waals surface area contributed by atoms with Crippen molar-refractivity contribution >= 4 is 29.3 Å². The lowest BCUT2D eigenvalue weighted by Crippen LogP contribution is -2.60. The van der Waals surface area contributed by atoms with Gasteiger partial charge in [0.25, 0.3) is 0 Å². The molecule has 6 aliphatic heterocycles. The summed E-state index contributed by atoms with van der Waals surface area (Å²) in [5, 5.41) is 16.5. The van der Waals surface area contributed by atoms with Gasteiger partial charge in [0.15, 0.2) is 11.9 Å². The summed E-state index contributed by atoms with van der Waals surface area (Å²) in [6, 6.07) is 5.22. The fourth-order valence-electron chi connectivity index (χ4n) is 10.9. The summed E-state index contributed by atoms with van der Waals surface area (Å²) in [5.74, 6) is -1.31. The second kappa shape index (κ2) is 18.1. The molecule has 5 fully saturated rings. The first kappa shape index (κ1) is 44.6. The molecule has 4 bridgehead atoms. The van der Waals surface area contributed by atoms with E-state index >= 15 is 0 Å². The number of nitrogens with zero attached hydrogens (tertiary/aromatic N) is 6. The highest BCUT2D eigenvalue weighted by molar-refractivity contribution is 5.91. The Balaban J connectivity index is 1.28. The lowest BCUT2D eigenvalue weighted by molar-refractivity contribution is -0.302. The van der Waals surface area contributed by atoms with Gasteiger partial charge in [0.1, 0.15) is 29.8 Å². The van der Waals surface area contributed by atoms with Crippen molar-refractivity contribution in [1.29, 1.82) is 0 Å². The number of cyclic esters (lactones) is 1. The largest absolute Gasteiger partial charge is 0.458 e. The Bertz CT molecular complexity index is 1740. The molecule has 16 nitrogen and oxygen atoms in total. The third kappa shape index (κ3) is 8.78. The number of hydrogen-bond donors (Lipinski definition) is 1. The van der Waals surface area contributed by atoms with E-state index in [4.69, 9.17) is 38.3 Å². The van der Waals surface area contributed by atoms with Crippen molar-refractivity contribution in [2.45, 2.75) is 147 Å². The SMILES string of the molecule is CC[C@@H]1OC(=O)[C@H](C)[C@H]2OCC(=NOC3CCN(c4ccccn4)C3)CO[C@](C)(C[C@@H](C)C3=NCCN4C(=O)O[C@@]1(C)[C@H]4[C@H]3C)[C@@H](O[C@H]1O[C@@H](C)C[C@@H](N(C)C)[C@@H]1O)[C@@H]2C. The highest BCUT2D eigenvalue weighted by Crippen LogP contribution is 2.45. The van der Waals surface area contributed by atoms with E-state index in [2.05, 4.69) is 28.9 Å². The number of pyridine rings is 1. The molecule has 0 saturated carbocycles. The van der Waals surface area contributed by atoms with E-state index in [0.29, 0.717) is 44.6 Å². The number of amides is 1. The second-order valence-electron chi connectivity index (χ2n) is 18.7. The molecule has 15 atom stereocenters. The molecule has 1 amide bonds. The molecule has 0 radical (unpaired) electrons. The van der Waals surface area contributed by atoms with Crippen molar-refractivity contribution in [3.8, 4) is 0 Å². The lowest BCUT2D eigenvalue weighted by atomic mass is 9.72. The summed E-state index contributed by atoms with van der Waals surface area (Å²) in [6.45, 7) is 18.2. The van der Waals surface area contributed by atoms with Gasteiger partial charge >= 0.3 is 12.1 Å². The van der Waals surface area contributed by atoms with Gasteiger partial charge < -0.3 is 48.2 Å². The molecule has 1 aromatic rings. The molecule has 60 heavy (non-hydrogen) atoms. The molecule has 6 aliphatic rings. The van der Waals surface area contributed by atoms with Gasteiger partial charge in [0.2, 0.25) is 0 Å². The number of likely N-dealkylation sites (N-methyl/N-ethyl adjacent to an activating group) is 1. The first-order valence-electron chi connectivity index (χ1n) is 22.1. The van der Waals surface area contributed by atoms with Crippen LogP contribution in [-0.2, 0) is 38.1 Å². The van der Waals surface area contributed by atoms with Crippen LogP contribution >= 0.6 is 0 Å². The number of carbonyl (C=O) groups is 2. The molecule has 16 heteroatoms. The number of rotatable bonds is 7. The van der Waals surface area contributed by atoms with Crippen LogP contribution in [0.15, 0.2) is 34.5 Å². The summed E-state index contributed by atoms with van der Waals surface area (Å²) in [6.07, 6.45) is -0.975. The fraction of sp³-hybridized carbons (Fsp3) is 0.795. The first-order chi connectivity index (χ1) is 28.5. The summed E-state index contributed by atoms with van der Waals surface area (Å²) < 4.78 is 40.0. The number of carbonyl (C=O) groups excluding carboxylic acids is 2. The first-order valence-corrected chi connectivity index (χ1v) is 22.1. The van der Waals surface area contributed by atoms with Gasteiger partial charge in [-0.25, -0.2) is 9.78 Å². The second-order valence-corrected chi connectivity index (χ2v) is 18.7. The standard InChI is InChI=1S/C44H68N6O10/c1-11-33-44(8)38-27(4)35(46-17-19-50(38)42(53)59-44)25(2)21-43(7)39(58-41-36(51)32(48(9)10)20-26(3)56-41)28(5)37(29(6)40(52)57-33)54-23-30(24-55-43)47-60-31-15-18-49(22-31)34-14-12-13-16-45-34/h12-14,16,25-29,31-33,36-39,41,51H,11,15,17-24H2,1-10H3/t25-,26+,27+,28-,29-,31?,32-,33+,36+,37+,38-,39+,41-,43-,44-/m1/s1. The minimum Gasteiger partial charge on any atom is -0.458 e. The van der Waals surface area contributed by atoms with Crippen LogP contribution in [0, 0.1) is 23.7 Å². The molecule has 0 spiro atoms. The third-order valence-electron chi connectivity index (χ3n) is 14.0. The fourth-order valence-corrected chi connectivity index (χ4v) is 10.9. The topological polar surface area (TPSA) is 166 Å². The highest BCUT2D eigenvalue weighted by Gasteiger charge is 2.60. The average Bonchev–Trinajstić information content (AvgIpc) is 3.74. The van der Waals surface area contributed by atoms with Gasteiger partial charge in [0, 0.05) is 49.3 Å². The number of fused-ring (bicyclic) bond motifs is 4. The monoisotopic (exact) mass is 840 g/mol. The lowest BCUT2D eigenvalue weighted by Gasteiger charge is -2.48. The number of aliphatic imine (C=N–C) groups is 1. The van der Waals surface area contributed by atoms with Gasteiger partial charge in [-0.15, -0.1) is 0 Å². The van der Waals surface area contributed by atoms with Gasteiger partial charge in [-0.3, -0.25) is 14.7 Å². The van der Waals surface area contributed by atoms with Crippen LogP contribution in [0.4, 0.5) is 10.6 Å². The van der Waals surface area contributed by atoms with Crippen LogP contribution in [0.5, 0.6) is 0 Å². The summed E-state index contributed by atoms with van der Waals surface area (Å²) in [4.78, 5) is 49.9. The van der Waals surface area contributed by atoms with Crippen LogP contribution < -0.4 is 4.90 Å². The van der Waals surface area contributed by atoms with Crippen molar-refractivity contribution in [2.24, 2.45) is 33.8 Å². The number of aromatic nitrogens is 1. The summed E-state index contributed by atoms with van der Waals surface area (Å²) in [7, 11) is 3.89. The van der Waals surface area contributed by atoms with E-state index in [0.717, 1.165) is 24.5 Å². The predicted octanol–water partition coefficient (Wildman–Crippen LogP) is 4.32. The van der Waals surface area contributed by atoms with E-state index in [-0.39, 0.29) is 43.3 Å². The minimum absolute atomic E-state index is 0.0251. The van der Waals surface area contributed by atoms with Crippen LogP contribution in [0.1, 0.15) is 81.1 Å². The molecule has 5 saturated heterocycles. The Morgan fingerprint density at radius 3 is 2.57 bits per heavy atom. The van der Waals surface area contributed by atoms with E-state index in [1.165, 1.54) is 0 Å². The van der Waals surface area contributed by atoms with Gasteiger partial charge in [-0.05, 0) is 79.1 Å². The maximum atomic E-state index is 14.6. The molecule has 0 aliphatic carbocycles. The molecule has 7 heterocycles. The predicted molar refractivity (Wildman–Crippen MR) is 224 cm³/mol. The van der Waals surface area contributed by atoms with Gasteiger partial charge in [-0.2, -0.15) is 0 Å². The number of esters is 1. The zero-order valence-corrected chi connectivity index (χ0v) is 37.2. The number of anilines is 1. The number of aliphatic hydroxyl groups is 1. The van der Waals surface area contributed by atoms with Crippen molar-refractivity contribution in [1.82, 2.24) is 14.8 Å². The molecule has 0 aromatic carbocycles. The summed E-state index contributed by atoms with van der Waals surface area (Å²) >= 11 is 0. The van der Waals surface area contributed by atoms with E-state index in [1.807, 2.05) is 71.8 Å². The molecular formula is C44H68N6O10. The molecule has 1 N–H and O–H groups in total. The van der Waals surface area contributed by atoms with E-state index < -0.39 is 71.8 Å². The highest BCUT2D eigenvalue weighted by atomic mass is 16.7. The Morgan fingerprint density at radius 2 is 1.85 bits per heavy atom. The number of hydrogen-bond acceptors (Lipinski definition) is 15. The smallest absolute Gasteiger partial charge is 0.410 e. The van der Waals surface area contributed by atoms with Gasteiger partial charge in [0.05, 0.1) is 62.2 Å². The maximum Gasteiger partial charge on any atom is 0.410 e. The van der Waals surface area contributed by atoms with E-state index in [9.17, 15) is 14.7 Å². The van der Waals surface area contributed by atoms with Crippen molar-refractivity contribution < 1.29 is 48.0 Å². The van der Waals surface area contributed by atoms with Crippen LogP contribution in [0.25, 0.3) is 0 Å². The summed E-state index contributed by atoms with van der Waals surface area (Å²) in [5.41, 5.74) is -0.757. The van der Waals surface area contributed by atoms with Crippen molar-refractivity contribution in [3.05, 3.63) is 24.4 Å². The Morgan fingerprint density at radius 1 is 1.07 bits per heavy atom. The third-order valence-corrected chi connectivity index (χ3v) is 14.0. The average molecular weight is 841 g/mol. The van der Waals surface area contributed by atoms with Crippen LogP contribution in [-0.4, -0.2) is 163 Å². The Kier molecular flexibility index (Phi) is 13.5. The Hall–Kier alpha value is -3.41. The molecule has 7 rings (SSSR count). The maximum absolute atomic E-state index is 14.6. The molecule has 1 aromatic heterocycles. The normalized spacial score (nSPS) is 42.4. The van der Waals surface area contributed by atoms with Gasteiger partial charge in [-0.1, -0.05) is 38.9 Å². The molecule has 334 valence electrons. The van der Waals surface area contributed by atoms with Crippen LogP contribution in [0.3, 0.4) is 0 Å². The number of aliphatic hydroxyl groups excluding tert-OH is 1. The zero-order chi connectivity index (χ0) is 43.1. The minimum atomic E-state index is -1.13. The van der Waals surface area contributed by atoms with Crippen molar-refractivity contribution in [3.63, 3.8) is 0 Å². The Labute approximate surface area is 355 Å². The molecule has 1 unspecified atom stereocenters.